The van der Waals surface area contributed by atoms with Gasteiger partial charge in [-0.2, -0.15) is 0 Å². The lowest BCUT2D eigenvalue weighted by atomic mass is 10.0. The maximum Gasteiger partial charge on any atom is 0.254 e. The number of hydrogen-bond acceptors (Lipinski definition) is 3. The zero-order valence-corrected chi connectivity index (χ0v) is 18.3. The summed E-state index contributed by atoms with van der Waals surface area (Å²) in [6, 6.07) is 21.2. The van der Waals surface area contributed by atoms with Crippen molar-refractivity contribution in [2.45, 2.75) is 38.6 Å². The number of nitrogens with one attached hydrogen (secondary N) is 1. The van der Waals surface area contributed by atoms with Crippen LogP contribution in [0.25, 0.3) is 10.8 Å². The summed E-state index contributed by atoms with van der Waals surface area (Å²) in [5, 5.41) is 5.06. The molecular formula is C27H28N2O3. The molecule has 1 aliphatic rings. The predicted octanol–water partition coefficient (Wildman–Crippen LogP) is 4.53. The van der Waals surface area contributed by atoms with Gasteiger partial charge in [-0.15, -0.1) is 0 Å². The van der Waals surface area contributed by atoms with Crippen molar-refractivity contribution in [3.63, 3.8) is 0 Å². The molecule has 0 aromatic heterocycles. The SMILES string of the molecule is Cc1ccc(C(=O)CCC(=O)NC2CCN(C(=O)c3cccc4ccccc34)CC2)cc1. The third-order valence-corrected chi connectivity index (χ3v) is 6.12. The minimum Gasteiger partial charge on any atom is -0.353 e. The van der Waals surface area contributed by atoms with Gasteiger partial charge in [-0.05, 0) is 36.6 Å². The number of carbonyl (C=O) groups is 3. The summed E-state index contributed by atoms with van der Waals surface area (Å²) in [6.45, 7) is 3.19. The standard InChI is InChI=1S/C27H28N2O3/c1-19-9-11-21(12-10-19)25(30)13-14-26(31)28-22-15-17-29(18-16-22)27(32)24-8-4-6-20-5-2-3-7-23(20)24/h2-12,22H,13-18H2,1H3,(H,28,31). The lowest BCUT2D eigenvalue weighted by Crippen LogP contribution is -2.46. The molecule has 2 amide bonds. The summed E-state index contributed by atoms with van der Waals surface area (Å²) < 4.78 is 0. The quantitative estimate of drug-likeness (QED) is 0.587. The first-order chi connectivity index (χ1) is 15.5. The maximum atomic E-state index is 13.1. The smallest absolute Gasteiger partial charge is 0.254 e. The predicted molar refractivity (Wildman–Crippen MR) is 126 cm³/mol. The van der Waals surface area contributed by atoms with Crippen molar-refractivity contribution in [2.75, 3.05) is 13.1 Å². The Labute approximate surface area is 188 Å². The van der Waals surface area contributed by atoms with Crippen LogP contribution in [0.1, 0.15) is 52.0 Å². The van der Waals surface area contributed by atoms with Crippen molar-refractivity contribution < 1.29 is 14.4 Å². The number of amides is 2. The molecule has 5 nitrogen and oxygen atoms in total. The molecule has 0 aliphatic carbocycles. The molecule has 0 saturated carbocycles. The van der Waals surface area contributed by atoms with Crippen LogP contribution < -0.4 is 5.32 Å². The van der Waals surface area contributed by atoms with Crippen molar-refractivity contribution in [2.24, 2.45) is 0 Å². The van der Waals surface area contributed by atoms with E-state index < -0.39 is 0 Å². The minimum atomic E-state index is -0.107. The molecule has 1 aliphatic heterocycles. The molecule has 0 atom stereocenters. The van der Waals surface area contributed by atoms with E-state index in [1.807, 2.05) is 66.4 Å². The second-order valence-electron chi connectivity index (χ2n) is 8.45. The zero-order chi connectivity index (χ0) is 22.5. The van der Waals surface area contributed by atoms with Gasteiger partial charge in [0.25, 0.3) is 5.91 Å². The Balaban J connectivity index is 1.26. The summed E-state index contributed by atoms with van der Waals surface area (Å²) in [4.78, 5) is 39.6. The van der Waals surface area contributed by atoms with E-state index >= 15 is 0 Å². The fourth-order valence-corrected chi connectivity index (χ4v) is 4.22. The molecule has 1 heterocycles. The largest absolute Gasteiger partial charge is 0.353 e. The maximum absolute atomic E-state index is 13.1. The lowest BCUT2D eigenvalue weighted by molar-refractivity contribution is -0.122. The highest BCUT2D eigenvalue weighted by molar-refractivity contribution is 6.07. The van der Waals surface area contributed by atoms with Crippen LogP contribution in [0.2, 0.25) is 0 Å². The van der Waals surface area contributed by atoms with Gasteiger partial charge in [-0.3, -0.25) is 14.4 Å². The summed E-state index contributed by atoms with van der Waals surface area (Å²) in [6.07, 6.45) is 1.82. The van der Waals surface area contributed by atoms with Crippen LogP contribution in [0.15, 0.2) is 66.7 Å². The highest BCUT2D eigenvalue weighted by Crippen LogP contribution is 2.22. The number of likely N-dealkylation sites (tertiary alicyclic amines) is 1. The van der Waals surface area contributed by atoms with Gasteiger partial charge in [0.1, 0.15) is 0 Å². The third kappa shape index (κ3) is 5.05. The van der Waals surface area contributed by atoms with E-state index in [4.69, 9.17) is 0 Å². The average molecular weight is 429 g/mol. The van der Waals surface area contributed by atoms with Crippen molar-refractivity contribution in [3.05, 3.63) is 83.4 Å². The van der Waals surface area contributed by atoms with Gasteiger partial charge in [0.15, 0.2) is 5.78 Å². The first-order valence-corrected chi connectivity index (χ1v) is 11.2. The van der Waals surface area contributed by atoms with Crippen molar-refractivity contribution >= 4 is 28.4 Å². The Morgan fingerprint density at radius 1 is 0.875 bits per heavy atom. The van der Waals surface area contributed by atoms with Gasteiger partial charge < -0.3 is 10.2 Å². The molecule has 0 spiro atoms. The molecule has 5 heteroatoms. The monoisotopic (exact) mass is 428 g/mol. The van der Waals surface area contributed by atoms with E-state index in [0.29, 0.717) is 31.5 Å². The van der Waals surface area contributed by atoms with E-state index in [2.05, 4.69) is 5.32 Å². The zero-order valence-electron chi connectivity index (χ0n) is 18.3. The van der Waals surface area contributed by atoms with Crippen molar-refractivity contribution in [1.29, 1.82) is 0 Å². The average Bonchev–Trinajstić information content (AvgIpc) is 2.82. The number of aryl methyl sites for hydroxylation is 1. The molecule has 1 N–H and O–H groups in total. The summed E-state index contributed by atoms with van der Waals surface area (Å²) in [5.74, 6) is -0.0878. The van der Waals surface area contributed by atoms with Gasteiger partial charge in [0.05, 0.1) is 0 Å². The summed E-state index contributed by atoms with van der Waals surface area (Å²) in [5.41, 5.74) is 2.47. The van der Waals surface area contributed by atoms with E-state index in [-0.39, 0.29) is 36.5 Å². The molecule has 1 fully saturated rings. The lowest BCUT2D eigenvalue weighted by Gasteiger charge is -2.32. The Morgan fingerprint density at radius 2 is 1.56 bits per heavy atom. The van der Waals surface area contributed by atoms with Gasteiger partial charge in [-0.1, -0.05) is 66.2 Å². The van der Waals surface area contributed by atoms with E-state index in [0.717, 1.165) is 21.9 Å². The van der Waals surface area contributed by atoms with Crippen LogP contribution in [0.4, 0.5) is 0 Å². The first kappa shape index (κ1) is 21.8. The molecule has 1 saturated heterocycles. The van der Waals surface area contributed by atoms with E-state index in [1.165, 1.54) is 0 Å². The van der Waals surface area contributed by atoms with Gasteiger partial charge in [-0.25, -0.2) is 0 Å². The molecule has 3 aromatic carbocycles. The van der Waals surface area contributed by atoms with Gasteiger partial charge in [0, 0.05) is 43.1 Å². The van der Waals surface area contributed by atoms with Crippen LogP contribution in [0.3, 0.4) is 0 Å². The molecule has 164 valence electrons. The molecular weight excluding hydrogens is 400 g/mol. The number of rotatable bonds is 6. The molecule has 32 heavy (non-hydrogen) atoms. The van der Waals surface area contributed by atoms with Gasteiger partial charge in [0.2, 0.25) is 5.91 Å². The third-order valence-electron chi connectivity index (χ3n) is 6.12. The summed E-state index contributed by atoms with van der Waals surface area (Å²) >= 11 is 0. The highest BCUT2D eigenvalue weighted by Gasteiger charge is 2.25. The molecule has 3 aromatic rings. The van der Waals surface area contributed by atoms with Crippen LogP contribution in [0.5, 0.6) is 0 Å². The molecule has 0 unspecified atom stereocenters. The number of hydrogen-bond donors (Lipinski definition) is 1. The number of carbonyl (C=O) groups excluding carboxylic acids is 3. The number of Topliss-reactive ketones (excluding diaryl/α,β-unsaturated/α-hetero) is 1. The molecule has 0 radical (unpaired) electrons. The molecule has 4 rings (SSSR count). The Bertz CT molecular complexity index is 1120. The van der Waals surface area contributed by atoms with Crippen molar-refractivity contribution in [3.8, 4) is 0 Å². The Hall–Kier alpha value is -3.47. The van der Waals surface area contributed by atoms with Crippen LogP contribution in [-0.4, -0.2) is 41.6 Å². The second kappa shape index (κ2) is 9.77. The number of piperidine rings is 1. The number of ketones is 1. The number of fused-ring (bicyclic) bond motifs is 1. The topological polar surface area (TPSA) is 66.5 Å². The Kier molecular flexibility index (Phi) is 6.64. The number of benzene rings is 3. The molecule has 0 bridgehead atoms. The fraction of sp³-hybridized carbons (Fsp3) is 0.296. The summed E-state index contributed by atoms with van der Waals surface area (Å²) in [7, 11) is 0. The van der Waals surface area contributed by atoms with Crippen molar-refractivity contribution in [1.82, 2.24) is 10.2 Å². The second-order valence-corrected chi connectivity index (χ2v) is 8.45. The number of nitrogens with zero attached hydrogens (tertiary/aromatic N) is 1. The normalized spacial score (nSPS) is 14.3. The Morgan fingerprint density at radius 3 is 2.31 bits per heavy atom. The highest BCUT2D eigenvalue weighted by atomic mass is 16.2. The fourth-order valence-electron chi connectivity index (χ4n) is 4.22. The van der Waals surface area contributed by atoms with Crippen LogP contribution >= 0.6 is 0 Å². The van der Waals surface area contributed by atoms with Crippen LogP contribution in [-0.2, 0) is 4.79 Å². The first-order valence-electron chi connectivity index (χ1n) is 11.2. The minimum absolute atomic E-state index is 0.0179. The van der Waals surface area contributed by atoms with Gasteiger partial charge >= 0.3 is 0 Å². The van der Waals surface area contributed by atoms with E-state index in [9.17, 15) is 14.4 Å². The van der Waals surface area contributed by atoms with E-state index in [1.54, 1.807) is 12.1 Å². The van der Waals surface area contributed by atoms with Crippen LogP contribution in [0, 0.1) is 6.92 Å².